The van der Waals surface area contributed by atoms with Crippen molar-refractivity contribution in [2.45, 2.75) is 31.7 Å². The third-order valence-corrected chi connectivity index (χ3v) is 6.18. The minimum Gasteiger partial charge on any atom is -0.395 e. The molecule has 6 nitrogen and oxygen atoms in total. The Labute approximate surface area is 122 Å². The van der Waals surface area contributed by atoms with Crippen LogP contribution in [-0.4, -0.2) is 80.4 Å². The number of rotatable bonds is 7. The Hall–Kier alpha value is -0.210. The predicted molar refractivity (Wildman–Crippen MR) is 79.1 cm³/mol. The van der Waals surface area contributed by atoms with E-state index in [1.165, 1.54) is 0 Å². The zero-order valence-corrected chi connectivity index (χ0v) is 12.9. The highest BCUT2D eigenvalue weighted by atomic mass is 32.2. The summed E-state index contributed by atoms with van der Waals surface area (Å²) in [6.07, 6.45) is 4.07. The molecule has 0 unspecified atom stereocenters. The predicted octanol–water partition coefficient (Wildman–Crippen LogP) is -0.542. The van der Waals surface area contributed by atoms with Crippen LogP contribution in [0, 0.1) is 0 Å². The Morgan fingerprint density at radius 1 is 1.20 bits per heavy atom. The molecule has 0 amide bonds. The average Bonchev–Trinajstić information content (AvgIpc) is 2.97. The van der Waals surface area contributed by atoms with Gasteiger partial charge in [0.1, 0.15) is 0 Å². The van der Waals surface area contributed by atoms with E-state index in [1.807, 2.05) is 0 Å². The van der Waals surface area contributed by atoms with Crippen molar-refractivity contribution in [3.8, 4) is 0 Å². The summed E-state index contributed by atoms with van der Waals surface area (Å²) in [5.74, 6) is 0.170. The molecule has 2 aliphatic rings. The van der Waals surface area contributed by atoms with Gasteiger partial charge in [0.15, 0.2) is 0 Å². The van der Waals surface area contributed by atoms with Crippen molar-refractivity contribution in [3.63, 3.8) is 0 Å². The summed E-state index contributed by atoms with van der Waals surface area (Å²) in [6.45, 7) is 4.44. The molecule has 1 saturated heterocycles. The van der Waals surface area contributed by atoms with Gasteiger partial charge in [0.25, 0.3) is 0 Å². The Morgan fingerprint density at radius 2 is 1.85 bits per heavy atom. The largest absolute Gasteiger partial charge is 0.395 e. The first-order valence-electron chi connectivity index (χ1n) is 7.67. The maximum atomic E-state index is 12.5. The first-order valence-corrected chi connectivity index (χ1v) is 9.28. The maximum absolute atomic E-state index is 12.5. The van der Waals surface area contributed by atoms with Crippen LogP contribution in [0.5, 0.6) is 0 Å². The molecule has 0 spiro atoms. The van der Waals surface area contributed by atoms with Crippen molar-refractivity contribution in [2.75, 3.05) is 51.6 Å². The summed E-state index contributed by atoms with van der Waals surface area (Å²) in [4.78, 5) is 2.19. The highest BCUT2D eigenvalue weighted by Crippen LogP contribution is 2.25. The van der Waals surface area contributed by atoms with E-state index in [0.29, 0.717) is 6.54 Å². The van der Waals surface area contributed by atoms with Crippen molar-refractivity contribution in [3.05, 3.63) is 0 Å². The summed E-state index contributed by atoms with van der Waals surface area (Å²) in [7, 11) is -3.26. The van der Waals surface area contributed by atoms with E-state index in [2.05, 4.69) is 10.2 Å². The fourth-order valence-electron chi connectivity index (χ4n) is 3.14. The smallest absolute Gasteiger partial charge is 0.215 e. The monoisotopic (exact) mass is 305 g/mol. The van der Waals surface area contributed by atoms with Gasteiger partial charge in [0.05, 0.1) is 12.4 Å². The van der Waals surface area contributed by atoms with E-state index in [0.717, 1.165) is 51.9 Å². The molecule has 0 bridgehead atoms. The average molecular weight is 305 g/mol. The molecule has 2 rings (SSSR count). The van der Waals surface area contributed by atoms with Gasteiger partial charge < -0.3 is 10.4 Å². The Balaban J connectivity index is 1.90. The van der Waals surface area contributed by atoms with Gasteiger partial charge in [0.2, 0.25) is 10.0 Å². The Morgan fingerprint density at radius 3 is 2.45 bits per heavy atom. The molecule has 0 radical (unpaired) electrons. The maximum Gasteiger partial charge on any atom is 0.215 e. The fraction of sp³-hybridized carbons (Fsp3) is 1.00. The minimum atomic E-state index is -3.26. The Bertz CT molecular complexity index is 376. The molecular formula is C13H27N3O3S. The van der Waals surface area contributed by atoms with Crippen LogP contribution in [0.25, 0.3) is 0 Å². The molecule has 1 aliphatic carbocycles. The fourth-order valence-corrected chi connectivity index (χ4v) is 4.88. The molecule has 118 valence electrons. The summed E-state index contributed by atoms with van der Waals surface area (Å²) in [5.41, 5.74) is 0. The molecular weight excluding hydrogens is 278 g/mol. The molecule has 1 heterocycles. The van der Waals surface area contributed by atoms with E-state index < -0.39 is 10.0 Å². The molecule has 0 aromatic rings. The number of sulfonamides is 1. The topological polar surface area (TPSA) is 72.9 Å². The summed E-state index contributed by atoms with van der Waals surface area (Å²) in [5, 5.41) is 12.4. The molecule has 1 aliphatic heterocycles. The SMILES string of the molecule is O=S(=O)(CCN1CCNCC1)N(CCO)C1CCCC1. The van der Waals surface area contributed by atoms with Gasteiger partial charge >= 0.3 is 0 Å². The molecule has 0 aromatic heterocycles. The van der Waals surface area contributed by atoms with Crippen molar-refractivity contribution < 1.29 is 13.5 Å². The number of piperazine rings is 1. The Kier molecular flexibility index (Phi) is 6.22. The van der Waals surface area contributed by atoms with Gasteiger partial charge in [-0.3, -0.25) is 4.90 Å². The summed E-state index contributed by atoms with van der Waals surface area (Å²) < 4.78 is 26.6. The highest BCUT2D eigenvalue weighted by molar-refractivity contribution is 7.89. The zero-order chi connectivity index (χ0) is 14.4. The summed E-state index contributed by atoms with van der Waals surface area (Å²) >= 11 is 0. The second-order valence-corrected chi connectivity index (χ2v) is 7.72. The van der Waals surface area contributed by atoms with E-state index in [-0.39, 0.29) is 24.9 Å². The lowest BCUT2D eigenvalue weighted by molar-refractivity contribution is 0.223. The van der Waals surface area contributed by atoms with Gasteiger partial charge in [-0.2, -0.15) is 4.31 Å². The van der Waals surface area contributed by atoms with Crippen LogP contribution in [-0.2, 0) is 10.0 Å². The van der Waals surface area contributed by atoms with Crippen LogP contribution in [0.1, 0.15) is 25.7 Å². The van der Waals surface area contributed by atoms with E-state index in [1.54, 1.807) is 4.31 Å². The van der Waals surface area contributed by atoms with Crippen LogP contribution >= 0.6 is 0 Å². The van der Waals surface area contributed by atoms with Crippen LogP contribution in [0.15, 0.2) is 0 Å². The van der Waals surface area contributed by atoms with Gasteiger partial charge in [-0.05, 0) is 12.8 Å². The lowest BCUT2D eigenvalue weighted by Crippen LogP contribution is -2.48. The second kappa shape index (κ2) is 7.70. The number of hydrogen-bond donors (Lipinski definition) is 2. The number of nitrogens with zero attached hydrogens (tertiary/aromatic N) is 2. The molecule has 20 heavy (non-hydrogen) atoms. The lowest BCUT2D eigenvalue weighted by Gasteiger charge is -2.30. The lowest BCUT2D eigenvalue weighted by atomic mass is 10.2. The molecule has 2 N–H and O–H groups in total. The number of nitrogens with one attached hydrogen (secondary N) is 1. The second-order valence-electron chi connectivity index (χ2n) is 5.68. The van der Waals surface area contributed by atoms with Gasteiger partial charge in [-0.15, -0.1) is 0 Å². The van der Waals surface area contributed by atoms with Gasteiger partial charge in [-0.25, -0.2) is 8.42 Å². The molecule has 1 saturated carbocycles. The number of hydrogen-bond acceptors (Lipinski definition) is 5. The van der Waals surface area contributed by atoms with E-state index in [9.17, 15) is 8.42 Å². The van der Waals surface area contributed by atoms with Crippen molar-refractivity contribution in [2.24, 2.45) is 0 Å². The molecule has 0 aromatic carbocycles. The van der Waals surface area contributed by atoms with Crippen molar-refractivity contribution in [1.82, 2.24) is 14.5 Å². The van der Waals surface area contributed by atoms with Crippen LogP contribution < -0.4 is 5.32 Å². The number of aliphatic hydroxyl groups excluding tert-OH is 1. The van der Waals surface area contributed by atoms with E-state index >= 15 is 0 Å². The normalized spacial score (nSPS) is 22.7. The third kappa shape index (κ3) is 4.39. The van der Waals surface area contributed by atoms with E-state index in [4.69, 9.17) is 5.11 Å². The molecule has 0 atom stereocenters. The van der Waals surface area contributed by atoms with Crippen LogP contribution in [0.3, 0.4) is 0 Å². The first kappa shape index (κ1) is 16.2. The van der Waals surface area contributed by atoms with Crippen LogP contribution in [0.2, 0.25) is 0 Å². The van der Waals surface area contributed by atoms with Gasteiger partial charge in [0, 0.05) is 45.3 Å². The first-order chi connectivity index (χ1) is 9.63. The van der Waals surface area contributed by atoms with Crippen LogP contribution in [0.4, 0.5) is 0 Å². The molecule has 2 fully saturated rings. The quantitative estimate of drug-likeness (QED) is 0.661. The van der Waals surface area contributed by atoms with Crippen molar-refractivity contribution >= 4 is 10.0 Å². The zero-order valence-electron chi connectivity index (χ0n) is 12.1. The van der Waals surface area contributed by atoms with Crippen molar-refractivity contribution in [1.29, 1.82) is 0 Å². The summed E-state index contributed by atoms with van der Waals surface area (Å²) in [6, 6.07) is 0.107. The molecule has 7 heteroatoms. The third-order valence-electron chi connectivity index (χ3n) is 4.28. The number of aliphatic hydroxyl groups is 1. The standard InChI is InChI=1S/C13H27N3O3S/c17-11-9-16(13-3-1-2-4-13)20(18,19)12-10-15-7-5-14-6-8-15/h13-14,17H,1-12H2. The highest BCUT2D eigenvalue weighted by Gasteiger charge is 2.31. The van der Waals surface area contributed by atoms with Gasteiger partial charge in [-0.1, -0.05) is 12.8 Å². The minimum absolute atomic E-state index is 0.0939.